The maximum atomic E-state index is 4.30. The number of aromatic nitrogens is 3. The molecule has 0 aromatic carbocycles. The van der Waals surface area contributed by atoms with E-state index in [0.717, 1.165) is 32.0 Å². The fourth-order valence-corrected chi connectivity index (χ4v) is 2.67. The molecule has 1 aromatic heterocycles. The van der Waals surface area contributed by atoms with Gasteiger partial charge in [-0.2, -0.15) is 5.10 Å². The fraction of sp³-hybridized carbons (Fsp3) is 0.846. The van der Waals surface area contributed by atoms with Gasteiger partial charge in [0.2, 0.25) is 0 Å². The van der Waals surface area contributed by atoms with Gasteiger partial charge in [0.05, 0.1) is 6.54 Å². The van der Waals surface area contributed by atoms with E-state index in [4.69, 9.17) is 0 Å². The van der Waals surface area contributed by atoms with Crippen LogP contribution < -0.4 is 5.32 Å². The largest absolute Gasteiger partial charge is 0.314 e. The minimum atomic E-state index is 0.681. The van der Waals surface area contributed by atoms with Gasteiger partial charge in [0, 0.05) is 26.2 Å². The molecule has 102 valence electrons. The van der Waals surface area contributed by atoms with E-state index in [-0.39, 0.29) is 0 Å². The number of hydrogen-bond acceptors (Lipinski definition) is 4. The Bertz CT molecular complexity index is 362. The minimum Gasteiger partial charge on any atom is -0.314 e. The molecule has 2 heterocycles. The van der Waals surface area contributed by atoms with Gasteiger partial charge in [-0.25, -0.2) is 4.98 Å². The summed E-state index contributed by atoms with van der Waals surface area (Å²) in [5.41, 5.74) is 0. The van der Waals surface area contributed by atoms with E-state index in [1.165, 1.54) is 12.8 Å². The minimum absolute atomic E-state index is 0.681. The third kappa shape index (κ3) is 3.29. The van der Waals surface area contributed by atoms with Gasteiger partial charge in [-0.15, -0.1) is 0 Å². The molecule has 1 fully saturated rings. The van der Waals surface area contributed by atoms with Gasteiger partial charge >= 0.3 is 0 Å². The summed E-state index contributed by atoms with van der Waals surface area (Å²) in [7, 11) is 1.96. The van der Waals surface area contributed by atoms with Crippen molar-refractivity contribution in [2.75, 3.05) is 19.6 Å². The van der Waals surface area contributed by atoms with Crippen molar-refractivity contribution in [2.24, 2.45) is 13.0 Å². The number of nitrogens with zero attached hydrogens (tertiary/aromatic N) is 4. The molecule has 0 radical (unpaired) electrons. The Morgan fingerprint density at radius 1 is 1.50 bits per heavy atom. The quantitative estimate of drug-likeness (QED) is 0.849. The van der Waals surface area contributed by atoms with Crippen LogP contribution in [0.15, 0.2) is 6.33 Å². The van der Waals surface area contributed by atoms with Crippen molar-refractivity contribution in [2.45, 2.75) is 39.3 Å². The summed E-state index contributed by atoms with van der Waals surface area (Å²) in [6.07, 6.45) is 4.08. The first-order valence-electron chi connectivity index (χ1n) is 6.99. The molecule has 0 spiro atoms. The Kier molecular flexibility index (Phi) is 4.72. The molecular weight excluding hydrogens is 226 g/mol. The Balaban J connectivity index is 1.83. The Morgan fingerprint density at radius 2 is 2.33 bits per heavy atom. The van der Waals surface area contributed by atoms with Gasteiger partial charge in [-0.3, -0.25) is 9.58 Å². The predicted octanol–water partition coefficient (Wildman–Crippen LogP) is 1.03. The van der Waals surface area contributed by atoms with Crippen molar-refractivity contribution >= 4 is 0 Å². The lowest BCUT2D eigenvalue weighted by molar-refractivity contribution is 0.137. The highest BCUT2D eigenvalue weighted by atomic mass is 15.3. The van der Waals surface area contributed by atoms with Crippen molar-refractivity contribution < 1.29 is 0 Å². The van der Waals surface area contributed by atoms with Gasteiger partial charge in [0.25, 0.3) is 0 Å². The highest BCUT2D eigenvalue weighted by Crippen LogP contribution is 2.18. The summed E-state index contributed by atoms with van der Waals surface area (Å²) in [5, 5.41) is 7.78. The van der Waals surface area contributed by atoms with Crippen molar-refractivity contribution in [1.82, 2.24) is 25.0 Å². The monoisotopic (exact) mass is 251 g/mol. The predicted molar refractivity (Wildman–Crippen MR) is 72.1 cm³/mol. The second-order valence-electron chi connectivity index (χ2n) is 5.36. The van der Waals surface area contributed by atoms with Crippen LogP contribution in [0, 0.1) is 5.92 Å². The van der Waals surface area contributed by atoms with E-state index < -0.39 is 0 Å². The smallest absolute Gasteiger partial charge is 0.140 e. The average Bonchev–Trinajstić information content (AvgIpc) is 2.74. The van der Waals surface area contributed by atoms with Crippen molar-refractivity contribution in [1.29, 1.82) is 0 Å². The molecular formula is C13H25N5. The first kappa shape index (κ1) is 13.5. The van der Waals surface area contributed by atoms with Crippen LogP contribution >= 0.6 is 0 Å². The van der Waals surface area contributed by atoms with Crippen LogP contribution in [0.3, 0.4) is 0 Å². The lowest BCUT2D eigenvalue weighted by Crippen LogP contribution is -2.48. The van der Waals surface area contributed by atoms with E-state index in [1.807, 2.05) is 11.7 Å². The standard InChI is InChI=1S/C13H25N5/c1-4-6-14-12-5-7-18(8-11(12)2)9-13-15-10-16-17(13)3/h10-12,14H,4-9H2,1-3H3. The van der Waals surface area contributed by atoms with Gasteiger partial charge in [0.15, 0.2) is 0 Å². The highest BCUT2D eigenvalue weighted by molar-refractivity contribution is 4.88. The number of likely N-dealkylation sites (tertiary alicyclic amines) is 1. The third-order valence-corrected chi connectivity index (χ3v) is 3.82. The number of nitrogens with one attached hydrogen (secondary N) is 1. The normalized spacial score (nSPS) is 25.5. The zero-order valence-corrected chi connectivity index (χ0v) is 11.8. The lowest BCUT2D eigenvalue weighted by atomic mass is 9.93. The summed E-state index contributed by atoms with van der Waals surface area (Å²) in [6.45, 7) is 8.92. The molecule has 1 saturated heterocycles. The number of aryl methyl sites for hydroxylation is 1. The third-order valence-electron chi connectivity index (χ3n) is 3.82. The number of piperidine rings is 1. The van der Waals surface area contributed by atoms with Crippen LogP contribution in [0.1, 0.15) is 32.5 Å². The summed E-state index contributed by atoms with van der Waals surface area (Å²) < 4.78 is 1.87. The molecule has 1 aliphatic rings. The Labute approximate surface area is 110 Å². The molecule has 0 saturated carbocycles. The lowest BCUT2D eigenvalue weighted by Gasteiger charge is -2.37. The Hall–Kier alpha value is -0.940. The van der Waals surface area contributed by atoms with E-state index >= 15 is 0 Å². The maximum absolute atomic E-state index is 4.30. The molecule has 1 aliphatic heterocycles. The SMILES string of the molecule is CCCNC1CCN(Cc2ncnn2C)CC1C. The summed E-state index contributed by atoms with van der Waals surface area (Å²) >= 11 is 0. The molecule has 0 aliphatic carbocycles. The molecule has 5 heteroatoms. The molecule has 2 rings (SSSR count). The zero-order chi connectivity index (χ0) is 13.0. The number of rotatable bonds is 5. The second kappa shape index (κ2) is 6.29. The van der Waals surface area contributed by atoms with Gasteiger partial charge in [-0.1, -0.05) is 13.8 Å². The molecule has 1 N–H and O–H groups in total. The molecule has 2 unspecified atom stereocenters. The summed E-state index contributed by atoms with van der Waals surface area (Å²) in [5.74, 6) is 1.76. The van der Waals surface area contributed by atoms with E-state index in [0.29, 0.717) is 12.0 Å². The molecule has 0 bridgehead atoms. The molecule has 5 nitrogen and oxygen atoms in total. The maximum Gasteiger partial charge on any atom is 0.140 e. The zero-order valence-electron chi connectivity index (χ0n) is 11.8. The second-order valence-corrected chi connectivity index (χ2v) is 5.36. The molecule has 18 heavy (non-hydrogen) atoms. The number of hydrogen-bond donors (Lipinski definition) is 1. The van der Waals surface area contributed by atoms with Crippen LogP contribution in [0.2, 0.25) is 0 Å². The summed E-state index contributed by atoms with van der Waals surface area (Å²) in [4.78, 5) is 6.78. The van der Waals surface area contributed by atoms with E-state index in [1.54, 1.807) is 6.33 Å². The van der Waals surface area contributed by atoms with Crippen LogP contribution in [-0.2, 0) is 13.6 Å². The molecule has 1 aromatic rings. The van der Waals surface area contributed by atoms with E-state index in [9.17, 15) is 0 Å². The van der Waals surface area contributed by atoms with Crippen LogP contribution in [0.5, 0.6) is 0 Å². The topological polar surface area (TPSA) is 46.0 Å². The van der Waals surface area contributed by atoms with Gasteiger partial charge in [-0.05, 0) is 25.3 Å². The van der Waals surface area contributed by atoms with Gasteiger partial charge in [0.1, 0.15) is 12.2 Å². The van der Waals surface area contributed by atoms with E-state index in [2.05, 4.69) is 34.1 Å². The first-order valence-corrected chi connectivity index (χ1v) is 6.99. The summed E-state index contributed by atoms with van der Waals surface area (Å²) in [6, 6.07) is 0.681. The average molecular weight is 251 g/mol. The van der Waals surface area contributed by atoms with Crippen molar-refractivity contribution in [3.63, 3.8) is 0 Å². The van der Waals surface area contributed by atoms with Gasteiger partial charge < -0.3 is 5.32 Å². The molecule has 2 atom stereocenters. The first-order chi connectivity index (χ1) is 8.70. The highest BCUT2D eigenvalue weighted by Gasteiger charge is 2.25. The van der Waals surface area contributed by atoms with Crippen molar-refractivity contribution in [3.05, 3.63) is 12.2 Å². The van der Waals surface area contributed by atoms with Crippen LogP contribution in [0.25, 0.3) is 0 Å². The van der Waals surface area contributed by atoms with Crippen molar-refractivity contribution in [3.8, 4) is 0 Å². The fourth-order valence-electron chi connectivity index (χ4n) is 2.67. The van der Waals surface area contributed by atoms with Crippen LogP contribution in [0.4, 0.5) is 0 Å². The Morgan fingerprint density at radius 3 is 2.94 bits per heavy atom. The van der Waals surface area contributed by atoms with Crippen LogP contribution in [-0.4, -0.2) is 45.3 Å². The molecule has 0 amide bonds.